The molecular formula is C42H46FN9O5. The number of halogens is 1. The van der Waals surface area contributed by atoms with Gasteiger partial charge in [0.2, 0.25) is 11.8 Å². The number of nitriles is 1. The van der Waals surface area contributed by atoms with E-state index in [1.165, 1.54) is 21.3 Å². The van der Waals surface area contributed by atoms with Crippen LogP contribution in [0.1, 0.15) is 104 Å². The van der Waals surface area contributed by atoms with Gasteiger partial charge in [0.25, 0.3) is 5.91 Å². The standard InChI is InChI=1S/C42H46FN9O5/c1-42(2,57)30-19-33-25(18-34(30)46-39(54)32-8-4-6-26(20-44)45-32)22-51(48-33)27-12-10-24(11-13-27)21-50-17-16-28(31(43)23-50)29-7-5-9-35-38(29)49(3)41(56)52(35)36-14-15-37(53)47-40(36)55/h4-9,18-19,22,24,27-28,31,36,57H,10-17,21,23H2,1-3H3,(H,46,54)(H,47,53,55)/t24?,27?,28-,31+,36?/m1/s1. The zero-order chi connectivity index (χ0) is 40.2. The number of imidazole rings is 1. The maximum Gasteiger partial charge on any atom is 0.329 e. The zero-order valence-corrected chi connectivity index (χ0v) is 32.2. The Morgan fingerprint density at radius 3 is 2.56 bits per heavy atom. The number of alkyl halides is 1. The summed E-state index contributed by atoms with van der Waals surface area (Å²) in [6.45, 7) is 5.14. The molecule has 2 aliphatic heterocycles. The van der Waals surface area contributed by atoms with Gasteiger partial charge in [-0.25, -0.2) is 14.2 Å². The first kappa shape index (κ1) is 38.2. The largest absolute Gasteiger partial charge is 0.386 e. The molecule has 0 spiro atoms. The van der Waals surface area contributed by atoms with Crippen molar-refractivity contribution < 1.29 is 23.9 Å². The number of amides is 3. The van der Waals surface area contributed by atoms with Crippen molar-refractivity contribution in [3.05, 3.63) is 87.7 Å². The minimum Gasteiger partial charge on any atom is -0.386 e. The number of likely N-dealkylation sites (tertiary alicyclic amines) is 1. The lowest BCUT2D eigenvalue weighted by atomic mass is 9.83. The summed E-state index contributed by atoms with van der Waals surface area (Å²) >= 11 is 0. The molecule has 8 rings (SSSR count). The van der Waals surface area contributed by atoms with Crippen molar-refractivity contribution in [2.45, 2.75) is 88.6 Å². The lowest BCUT2D eigenvalue weighted by molar-refractivity contribution is -0.135. The molecule has 3 aromatic heterocycles. The Hall–Kier alpha value is -5.72. The number of carbonyl (C=O) groups is 3. The topological polar surface area (TPSA) is 180 Å². The van der Waals surface area contributed by atoms with E-state index in [1.54, 1.807) is 39.1 Å². The fourth-order valence-corrected chi connectivity index (χ4v) is 9.14. The molecule has 57 heavy (non-hydrogen) atoms. The number of aryl methyl sites for hydroxylation is 1. The molecule has 3 N–H and O–H groups in total. The molecule has 1 saturated carbocycles. The molecular weight excluding hydrogens is 730 g/mol. The van der Waals surface area contributed by atoms with Crippen LogP contribution in [0.15, 0.2) is 59.5 Å². The molecule has 15 heteroatoms. The number of anilines is 1. The molecule has 5 heterocycles. The second kappa shape index (κ2) is 15.0. The van der Waals surface area contributed by atoms with Crippen LogP contribution in [0.2, 0.25) is 0 Å². The number of aromatic nitrogens is 5. The Morgan fingerprint density at radius 2 is 1.84 bits per heavy atom. The summed E-state index contributed by atoms with van der Waals surface area (Å²) in [6.07, 6.45) is 5.61. The predicted molar refractivity (Wildman–Crippen MR) is 210 cm³/mol. The molecule has 3 fully saturated rings. The Labute approximate surface area is 328 Å². The zero-order valence-electron chi connectivity index (χ0n) is 32.2. The van der Waals surface area contributed by atoms with Gasteiger partial charge in [0.05, 0.1) is 28.2 Å². The number of fused-ring (bicyclic) bond motifs is 2. The molecule has 3 aliphatic rings. The summed E-state index contributed by atoms with van der Waals surface area (Å²) in [5, 5.41) is 31.2. The molecule has 2 saturated heterocycles. The Balaban J connectivity index is 0.913. The van der Waals surface area contributed by atoms with E-state index in [9.17, 15) is 29.5 Å². The molecule has 3 amide bonds. The second-order valence-corrected chi connectivity index (χ2v) is 16.3. The number of hydrogen-bond acceptors (Lipinski definition) is 9. The summed E-state index contributed by atoms with van der Waals surface area (Å²) in [7, 11) is 1.66. The highest BCUT2D eigenvalue weighted by molar-refractivity contribution is 6.04. The number of nitrogens with one attached hydrogen (secondary N) is 2. The van der Waals surface area contributed by atoms with E-state index < -0.39 is 35.5 Å². The van der Waals surface area contributed by atoms with E-state index in [0.717, 1.165) is 49.7 Å². The molecule has 1 aliphatic carbocycles. The summed E-state index contributed by atoms with van der Waals surface area (Å²) < 4.78 is 21.1. The maximum atomic E-state index is 16.2. The number of rotatable bonds is 8. The smallest absolute Gasteiger partial charge is 0.329 e. The van der Waals surface area contributed by atoms with Gasteiger partial charge >= 0.3 is 5.69 Å². The number of benzene rings is 2. The summed E-state index contributed by atoms with van der Waals surface area (Å²) in [5.74, 6) is -1.31. The summed E-state index contributed by atoms with van der Waals surface area (Å²) in [5.41, 5.74) is 2.23. The highest BCUT2D eigenvalue weighted by atomic mass is 19.1. The van der Waals surface area contributed by atoms with Gasteiger partial charge in [-0.15, -0.1) is 0 Å². The number of para-hydroxylation sites is 1. The van der Waals surface area contributed by atoms with E-state index >= 15 is 4.39 Å². The number of pyridine rings is 1. The van der Waals surface area contributed by atoms with Gasteiger partial charge in [-0.2, -0.15) is 10.4 Å². The minimum atomic E-state index is -1.27. The van der Waals surface area contributed by atoms with Crippen LogP contribution in [0.3, 0.4) is 0 Å². The maximum absolute atomic E-state index is 16.2. The molecule has 5 aromatic rings. The van der Waals surface area contributed by atoms with Crippen molar-refractivity contribution in [1.29, 1.82) is 5.26 Å². The molecule has 14 nitrogen and oxygen atoms in total. The fourth-order valence-electron chi connectivity index (χ4n) is 9.14. The fraction of sp³-hybridized carbons (Fsp3) is 0.452. The van der Waals surface area contributed by atoms with Crippen LogP contribution in [0, 0.1) is 17.2 Å². The highest BCUT2D eigenvalue weighted by Crippen LogP contribution is 2.39. The normalized spacial score (nSPS) is 23.4. The van der Waals surface area contributed by atoms with Gasteiger partial charge in [-0.1, -0.05) is 18.2 Å². The third kappa shape index (κ3) is 7.35. The number of imide groups is 1. The first-order valence-electron chi connectivity index (χ1n) is 19.6. The minimum absolute atomic E-state index is 0.0969. The van der Waals surface area contributed by atoms with E-state index in [0.29, 0.717) is 46.7 Å². The van der Waals surface area contributed by atoms with Crippen molar-refractivity contribution in [1.82, 2.24) is 34.1 Å². The average molecular weight is 776 g/mol. The lowest BCUT2D eigenvalue weighted by Gasteiger charge is -2.38. The Bertz CT molecular complexity index is 2500. The SMILES string of the molecule is Cn1c(=O)n(C2CCC(=O)NC2=O)c2cccc([C@H]3CCN(CC4CCC(n5cc6cc(NC(=O)c7cccc(C#N)n7)c(C(C)(C)O)cc6n5)CC4)C[C@@H]3F)c21. The molecule has 1 unspecified atom stereocenters. The monoisotopic (exact) mass is 775 g/mol. The van der Waals surface area contributed by atoms with Crippen LogP contribution in [0.5, 0.6) is 0 Å². The van der Waals surface area contributed by atoms with Crippen molar-refractivity contribution in [2.75, 3.05) is 25.0 Å². The van der Waals surface area contributed by atoms with Gasteiger partial charge in [0.1, 0.15) is 29.7 Å². The molecule has 3 atom stereocenters. The third-order valence-corrected chi connectivity index (χ3v) is 12.1. The van der Waals surface area contributed by atoms with Crippen molar-refractivity contribution >= 4 is 45.3 Å². The van der Waals surface area contributed by atoms with E-state index in [4.69, 9.17) is 5.10 Å². The molecule has 296 valence electrons. The predicted octanol–water partition coefficient (Wildman–Crippen LogP) is 4.97. The Morgan fingerprint density at radius 1 is 1.07 bits per heavy atom. The number of hydrogen-bond donors (Lipinski definition) is 3. The number of carbonyl (C=O) groups excluding carboxylic acids is 3. The van der Waals surface area contributed by atoms with Crippen LogP contribution in [-0.2, 0) is 22.2 Å². The van der Waals surface area contributed by atoms with Gasteiger partial charge < -0.3 is 15.3 Å². The van der Waals surface area contributed by atoms with Crippen LogP contribution in [0.4, 0.5) is 10.1 Å². The van der Waals surface area contributed by atoms with Crippen molar-refractivity contribution in [2.24, 2.45) is 13.0 Å². The molecule has 2 aromatic carbocycles. The van der Waals surface area contributed by atoms with E-state index in [1.807, 2.05) is 35.1 Å². The molecule has 0 bridgehead atoms. The number of piperidine rings is 2. The van der Waals surface area contributed by atoms with Crippen molar-refractivity contribution in [3.63, 3.8) is 0 Å². The first-order valence-corrected chi connectivity index (χ1v) is 19.6. The van der Waals surface area contributed by atoms with Gasteiger partial charge in [0.15, 0.2) is 0 Å². The third-order valence-electron chi connectivity index (χ3n) is 12.1. The van der Waals surface area contributed by atoms with Crippen LogP contribution >= 0.6 is 0 Å². The lowest BCUT2D eigenvalue weighted by Crippen LogP contribution is -2.44. The quantitative estimate of drug-likeness (QED) is 0.184. The second-order valence-electron chi connectivity index (χ2n) is 16.3. The summed E-state index contributed by atoms with van der Waals surface area (Å²) in [4.78, 5) is 57.4. The van der Waals surface area contributed by atoms with Gasteiger partial charge in [-0.3, -0.25) is 33.5 Å². The van der Waals surface area contributed by atoms with Gasteiger partial charge in [0, 0.05) is 55.3 Å². The van der Waals surface area contributed by atoms with E-state index in [2.05, 4.69) is 20.5 Å². The number of nitrogens with zero attached hydrogens (tertiary/aromatic N) is 7. The number of aliphatic hydroxyl groups is 1. The first-order chi connectivity index (χ1) is 27.3. The van der Waals surface area contributed by atoms with E-state index in [-0.39, 0.29) is 41.9 Å². The highest BCUT2D eigenvalue weighted by Gasteiger charge is 2.36. The molecule has 0 radical (unpaired) electrons. The Kier molecular flexibility index (Phi) is 10.0. The van der Waals surface area contributed by atoms with Crippen LogP contribution < -0.4 is 16.3 Å². The van der Waals surface area contributed by atoms with Gasteiger partial charge in [-0.05, 0) is 101 Å². The van der Waals surface area contributed by atoms with Crippen molar-refractivity contribution in [3.8, 4) is 6.07 Å². The van der Waals surface area contributed by atoms with Crippen LogP contribution in [0.25, 0.3) is 21.9 Å². The van der Waals surface area contributed by atoms with Crippen LogP contribution in [-0.4, -0.2) is 77.4 Å². The summed E-state index contributed by atoms with van der Waals surface area (Å²) in [6, 6.07) is 15.1. The average Bonchev–Trinajstić information content (AvgIpc) is 3.72.